The van der Waals surface area contributed by atoms with Gasteiger partial charge in [-0.3, -0.25) is 9.59 Å². The largest absolute Gasteiger partial charge is 0.494 e. The van der Waals surface area contributed by atoms with Gasteiger partial charge in [0.1, 0.15) is 11.6 Å². The first-order chi connectivity index (χ1) is 14.5. The second kappa shape index (κ2) is 8.57. The molecule has 6 nitrogen and oxygen atoms in total. The highest BCUT2D eigenvalue weighted by Crippen LogP contribution is 2.24. The normalized spacial score (nSPS) is 16.3. The van der Waals surface area contributed by atoms with Crippen LogP contribution in [0.1, 0.15) is 18.9 Å². The van der Waals surface area contributed by atoms with Crippen LogP contribution in [-0.2, 0) is 16.0 Å². The monoisotopic (exact) mass is 409 g/mol. The molecule has 156 valence electrons. The summed E-state index contributed by atoms with van der Waals surface area (Å²) in [5.74, 6) is -0.122. The van der Waals surface area contributed by atoms with E-state index in [4.69, 9.17) is 4.74 Å². The number of rotatable bonds is 7. The minimum Gasteiger partial charge on any atom is -0.494 e. The molecule has 0 saturated carbocycles. The summed E-state index contributed by atoms with van der Waals surface area (Å²) in [6, 6.07) is 11.8. The van der Waals surface area contributed by atoms with Gasteiger partial charge >= 0.3 is 0 Å². The number of carbonyl (C=O) groups is 2. The summed E-state index contributed by atoms with van der Waals surface area (Å²) < 4.78 is 18.9. The number of benzene rings is 2. The van der Waals surface area contributed by atoms with Crippen LogP contribution in [0.25, 0.3) is 10.9 Å². The Bertz CT molecular complexity index is 1060. The second-order valence-corrected chi connectivity index (χ2v) is 7.44. The molecule has 0 radical (unpaired) electrons. The summed E-state index contributed by atoms with van der Waals surface area (Å²) in [6.07, 6.45) is 2.65. The van der Waals surface area contributed by atoms with E-state index in [0.29, 0.717) is 31.8 Å². The Balaban J connectivity index is 1.34. The number of ether oxygens (including phenoxy) is 1. The number of aromatic nitrogens is 1. The SMILES string of the molecule is CCOc1ccc(NC(=O)[C@@H]2CC(=O)N(CCc3c[nH]c4ccc(F)cc34)C2)cc1. The number of hydrogen-bond donors (Lipinski definition) is 2. The summed E-state index contributed by atoms with van der Waals surface area (Å²) in [5.41, 5.74) is 2.50. The first-order valence-corrected chi connectivity index (χ1v) is 10.1. The van der Waals surface area contributed by atoms with E-state index in [1.165, 1.54) is 12.1 Å². The van der Waals surface area contributed by atoms with Crippen LogP contribution in [0.2, 0.25) is 0 Å². The zero-order chi connectivity index (χ0) is 21.1. The van der Waals surface area contributed by atoms with Crippen LogP contribution >= 0.6 is 0 Å². The van der Waals surface area contributed by atoms with Crippen molar-refractivity contribution >= 4 is 28.4 Å². The van der Waals surface area contributed by atoms with Gasteiger partial charge in [0.2, 0.25) is 11.8 Å². The predicted molar refractivity (Wildman–Crippen MR) is 113 cm³/mol. The van der Waals surface area contributed by atoms with Gasteiger partial charge in [0.25, 0.3) is 0 Å². The Labute approximate surface area is 174 Å². The van der Waals surface area contributed by atoms with Crippen molar-refractivity contribution in [3.8, 4) is 5.75 Å². The lowest BCUT2D eigenvalue weighted by molar-refractivity contribution is -0.128. The number of hydrogen-bond acceptors (Lipinski definition) is 3. The van der Waals surface area contributed by atoms with Gasteiger partial charge in [-0.1, -0.05) is 0 Å². The Morgan fingerprint density at radius 1 is 1.27 bits per heavy atom. The number of nitrogens with zero attached hydrogens (tertiary/aromatic N) is 1. The Morgan fingerprint density at radius 3 is 2.83 bits per heavy atom. The number of halogens is 1. The summed E-state index contributed by atoms with van der Waals surface area (Å²) in [6.45, 7) is 3.38. The molecule has 1 aliphatic rings. The number of nitrogens with one attached hydrogen (secondary N) is 2. The van der Waals surface area contributed by atoms with E-state index in [1.54, 1.807) is 35.2 Å². The highest BCUT2D eigenvalue weighted by atomic mass is 19.1. The zero-order valence-electron chi connectivity index (χ0n) is 16.8. The maximum atomic E-state index is 13.5. The molecule has 1 aliphatic heterocycles. The quantitative estimate of drug-likeness (QED) is 0.624. The third-order valence-corrected chi connectivity index (χ3v) is 5.40. The molecule has 1 fully saturated rings. The molecule has 1 atom stereocenters. The van der Waals surface area contributed by atoms with Crippen LogP contribution in [0.3, 0.4) is 0 Å². The van der Waals surface area contributed by atoms with Crippen molar-refractivity contribution in [1.29, 1.82) is 0 Å². The maximum absolute atomic E-state index is 13.5. The van der Waals surface area contributed by atoms with Crippen molar-refractivity contribution in [2.45, 2.75) is 19.8 Å². The lowest BCUT2D eigenvalue weighted by Gasteiger charge is -2.16. The smallest absolute Gasteiger partial charge is 0.229 e. The average Bonchev–Trinajstić information content (AvgIpc) is 3.31. The molecule has 2 N–H and O–H groups in total. The van der Waals surface area contributed by atoms with E-state index < -0.39 is 0 Å². The molecule has 2 heterocycles. The fourth-order valence-corrected chi connectivity index (χ4v) is 3.82. The van der Waals surface area contributed by atoms with Crippen LogP contribution in [0.5, 0.6) is 5.75 Å². The third-order valence-electron chi connectivity index (χ3n) is 5.40. The van der Waals surface area contributed by atoms with E-state index in [-0.39, 0.29) is 30.0 Å². The van der Waals surface area contributed by atoms with E-state index in [2.05, 4.69) is 10.3 Å². The molecule has 2 amide bonds. The number of anilines is 1. The highest BCUT2D eigenvalue weighted by molar-refractivity contribution is 5.97. The minimum absolute atomic E-state index is 0.0344. The summed E-state index contributed by atoms with van der Waals surface area (Å²) >= 11 is 0. The molecule has 4 rings (SSSR count). The number of amides is 2. The fraction of sp³-hybridized carbons (Fsp3) is 0.304. The number of fused-ring (bicyclic) bond motifs is 1. The van der Waals surface area contributed by atoms with Crippen molar-refractivity contribution in [3.63, 3.8) is 0 Å². The predicted octanol–water partition coefficient (Wildman–Crippen LogP) is 3.74. The minimum atomic E-state index is -0.385. The fourth-order valence-electron chi connectivity index (χ4n) is 3.82. The molecule has 2 aromatic carbocycles. The zero-order valence-corrected chi connectivity index (χ0v) is 16.8. The second-order valence-electron chi connectivity index (χ2n) is 7.44. The number of carbonyl (C=O) groups excluding carboxylic acids is 2. The molecule has 0 unspecified atom stereocenters. The van der Waals surface area contributed by atoms with Gasteiger partial charge in [-0.05, 0) is 61.4 Å². The Hall–Kier alpha value is -3.35. The molecule has 1 aromatic heterocycles. The van der Waals surface area contributed by atoms with E-state index in [0.717, 1.165) is 22.2 Å². The molecule has 30 heavy (non-hydrogen) atoms. The average molecular weight is 409 g/mol. The van der Waals surface area contributed by atoms with Crippen molar-refractivity contribution in [1.82, 2.24) is 9.88 Å². The van der Waals surface area contributed by atoms with Gasteiger partial charge in [0.05, 0.1) is 12.5 Å². The summed E-state index contributed by atoms with van der Waals surface area (Å²) in [4.78, 5) is 29.8. The molecular formula is C23H24FN3O3. The van der Waals surface area contributed by atoms with E-state index >= 15 is 0 Å². The molecule has 0 aliphatic carbocycles. The molecular weight excluding hydrogens is 385 g/mol. The number of H-pyrrole nitrogens is 1. The van der Waals surface area contributed by atoms with Crippen LogP contribution in [-0.4, -0.2) is 41.4 Å². The van der Waals surface area contributed by atoms with Crippen molar-refractivity contribution in [3.05, 3.63) is 60.0 Å². The molecule has 0 spiro atoms. The van der Waals surface area contributed by atoms with E-state index in [9.17, 15) is 14.0 Å². The molecule has 0 bridgehead atoms. The lowest BCUT2D eigenvalue weighted by Crippen LogP contribution is -2.30. The van der Waals surface area contributed by atoms with E-state index in [1.807, 2.05) is 13.1 Å². The first-order valence-electron chi connectivity index (χ1n) is 10.1. The van der Waals surface area contributed by atoms with Crippen LogP contribution in [0.4, 0.5) is 10.1 Å². The van der Waals surface area contributed by atoms with Gasteiger partial charge < -0.3 is 19.9 Å². The van der Waals surface area contributed by atoms with Crippen LogP contribution < -0.4 is 10.1 Å². The highest BCUT2D eigenvalue weighted by Gasteiger charge is 2.34. The van der Waals surface area contributed by atoms with Crippen LogP contribution in [0, 0.1) is 11.7 Å². The number of aromatic amines is 1. The molecule has 7 heteroatoms. The topological polar surface area (TPSA) is 74.4 Å². The first kappa shape index (κ1) is 19.9. The Kier molecular flexibility index (Phi) is 5.70. The standard InChI is InChI=1S/C23H24FN3O3/c1-2-30-19-6-4-18(5-7-19)26-23(29)16-11-22(28)27(14-16)10-9-15-13-25-21-8-3-17(24)12-20(15)21/h3-8,12-13,16,25H,2,9-11,14H2,1H3,(H,26,29)/t16-/m1/s1. The van der Waals surface area contributed by atoms with Crippen molar-refractivity contribution in [2.24, 2.45) is 5.92 Å². The van der Waals surface area contributed by atoms with Crippen molar-refractivity contribution in [2.75, 3.05) is 25.0 Å². The number of likely N-dealkylation sites (tertiary alicyclic amines) is 1. The molecule has 1 saturated heterocycles. The van der Waals surface area contributed by atoms with Gasteiger partial charge in [-0.15, -0.1) is 0 Å². The van der Waals surface area contributed by atoms with Gasteiger partial charge in [0, 0.05) is 42.3 Å². The maximum Gasteiger partial charge on any atom is 0.229 e. The summed E-state index contributed by atoms with van der Waals surface area (Å²) in [7, 11) is 0. The van der Waals surface area contributed by atoms with Crippen molar-refractivity contribution < 1.29 is 18.7 Å². The van der Waals surface area contributed by atoms with Gasteiger partial charge in [0.15, 0.2) is 0 Å². The summed E-state index contributed by atoms with van der Waals surface area (Å²) in [5, 5.41) is 3.70. The lowest BCUT2D eigenvalue weighted by atomic mass is 10.1. The van der Waals surface area contributed by atoms with Gasteiger partial charge in [-0.25, -0.2) is 4.39 Å². The third kappa shape index (κ3) is 4.30. The Morgan fingerprint density at radius 2 is 2.07 bits per heavy atom. The van der Waals surface area contributed by atoms with Crippen LogP contribution in [0.15, 0.2) is 48.7 Å². The van der Waals surface area contributed by atoms with Gasteiger partial charge in [-0.2, -0.15) is 0 Å². The molecule has 3 aromatic rings.